The fraction of sp³-hybridized carbons (Fsp3) is 0.438. The lowest BCUT2D eigenvalue weighted by molar-refractivity contribution is -0.00518. The van der Waals surface area contributed by atoms with Gasteiger partial charge >= 0.3 is 0 Å². The summed E-state index contributed by atoms with van der Waals surface area (Å²) in [6.45, 7) is 7.00. The molecule has 4 aromatic rings. The Morgan fingerprint density at radius 1 is 0.758 bits per heavy atom. The monoisotopic (exact) mass is 450 g/mol. The Bertz CT molecular complexity index is 1330. The zero-order chi connectivity index (χ0) is 22.4. The number of benzene rings is 3. The minimum absolute atomic E-state index is 0.137. The summed E-state index contributed by atoms with van der Waals surface area (Å²) in [6, 6.07) is 23.8. The van der Waals surface area contributed by atoms with Crippen LogP contribution in [0.3, 0.4) is 0 Å². The van der Waals surface area contributed by atoms with Crippen LogP contribution in [0.2, 0.25) is 0 Å². The summed E-state index contributed by atoms with van der Waals surface area (Å²) in [4.78, 5) is 0. The van der Waals surface area contributed by atoms with Crippen molar-refractivity contribution in [3.63, 3.8) is 0 Å². The standard InChI is InChI=1S/C32H34S/c1-31(2,3)25-15-27(30-26-6-4-5-7-28(26)33-29(30)16-25)23-8-10-24(11-9-23)32-17-20-12-21(18-32)14-22(13-20)19-32/h4-11,15-16,20-22H,12-14,17-19H2,1-3H3. The van der Waals surface area contributed by atoms with Gasteiger partial charge in [0.2, 0.25) is 0 Å². The van der Waals surface area contributed by atoms with Gasteiger partial charge in [-0.05, 0) is 108 Å². The maximum atomic E-state index is 2.51. The lowest BCUT2D eigenvalue weighted by Gasteiger charge is -2.57. The van der Waals surface area contributed by atoms with Crippen LogP contribution in [0.5, 0.6) is 0 Å². The van der Waals surface area contributed by atoms with Crippen LogP contribution in [-0.2, 0) is 10.8 Å². The van der Waals surface area contributed by atoms with E-state index in [9.17, 15) is 0 Å². The molecule has 4 aliphatic carbocycles. The molecule has 168 valence electrons. The zero-order valence-corrected chi connectivity index (χ0v) is 21.0. The maximum absolute atomic E-state index is 2.51. The van der Waals surface area contributed by atoms with Crippen molar-refractivity contribution >= 4 is 31.5 Å². The lowest BCUT2D eigenvalue weighted by atomic mass is 9.48. The molecule has 8 rings (SSSR count). The Morgan fingerprint density at radius 3 is 2.03 bits per heavy atom. The highest BCUT2D eigenvalue weighted by Crippen LogP contribution is 2.60. The van der Waals surface area contributed by atoms with Gasteiger partial charge in [0.25, 0.3) is 0 Å². The van der Waals surface area contributed by atoms with Gasteiger partial charge in [0.15, 0.2) is 0 Å². The number of thiophene rings is 1. The topological polar surface area (TPSA) is 0 Å². The molecule has 0 radical (unpaired) electrons. The van der Waals surface area contributed by atoms with Gasteiger partial charge in [0.1, 0.15) is 0 Å². The van der Waals surface area contributed by atoms with Gasteiger partial charge < -0.3 is 0 Å². The van der Waals surface area contributed by atoms with E-state index in [-0.39, 0.29) is 5.41 Å². The Kier molecular flexibility index (Phi) is 4.27. The van der Waals surface area contributed by atoms with Crippen LogP contribution in [0.4, 0.5) is 0 Å². The van der Waals surface area contributed by atoms with Gasteiger partial charge in [-0.1, -0.05) is 63.2 Å². The van der Waals surface area contributed by atoms with Crippen molar-refractivity contribution in [2.24, 2.45) is 17.8 Å². The fourth-order valence-electron chi connectivity index (χ4n) is 7.98. The summed E-state index contributed by atoms with van der Waals surface area (Å²) in [7, 11) is 0. The largest absolute Gasteiger partial charge is 0.135 e. The summed E-state index contributed by atoms with van der Waals surface area (Å²) in [5.74, 6) is 2.99. The summed E-state index contributed by atoms with van der Waals surface area (Å²) in [5.41, 5.74) is 6.46. The van der Waals surface area contributed by atoms with Crippen LogP contribution in [-0.4, -0.2) is 0 Å². The SMILES string of the molecule is CC(C)(C)c1cc(-c2ccc(C34CC5CC(CC(C5)C3)C4)cc2)c2c(c1)sc1ccccc12. The molecule has 0 N–H and O–H groups in total. The predicted molar refractivity (Wildman–Crippen MR) is 143 cm³/mol. The first-order valence-electron chi connectivity index (χ1n) is 12.9. The lowest BCUT2D eigenvalue weighted by Crippen LogP contribution is -2.48. The number of hydrogen-bond acceptors (Lipinski definition) is 1. The first kappa shape index (κ1) is 20.3. The molecule has 3 aromatic carbocycles. The zero-order valence-electron chi connectivity index (χ0n) is 20.2. The van der Waals surface area contributed by atoms with Crippen molar-refractivity contribution in [2.45, 2.75) is 70.1 Å². The second-order valence-electron chi connectivity index (χ2n) is 12.5. The average Bonchev–Trinajstić information content (AvgIpc) is 3.16. The van der Waals surface area contributed by atoms with Crippen LogP contribution in [0.15, 0.2) is 60.7 Å². The molecule has 0 atom stereocenters. The first-order valence-corrected chi connectivity index (χ1v) is 13.8. The smallest absolute Gasteiger partial charge is 0.0364 e. The minimum atomic E-state index is 0.137. The molecular weight excluding hydrogens is 416 g/mol. The van der Waals surface area contributed by atoms with Crippen molar-refractivity contribution in [1.29, 1.82) is 0 Å². The van der Waals surface area contributed by atoms with E-state index >= 15 is 0 Å². The molecule has 0 spiro atoms. The molecule has 4 aliphatic rings. The highest BCUT2D eigenvalue weighted by atomic mass is 32.1. The molecule has 4 fully saturated rings. The van der Waals surface area contributed by atoms with E-state index in [1.165, 1.54) is 75.4 Å². The summed E-state index contributed by atoms with van der Waals surface area (Å²) >= 11 is 1.94. The van der Waals surface area contributed by atoms with Crippen molar-refractivity contribution in [3.8, 4) is 11.1 Å². The van der Waals surface area contributed by atoms with Crippen molar-refractivity contribution in [3.05, 3.63) is 71.8 Å². The number of hydrogen-bond donors (Lipinski definition) is 0. The molecular formula is C32H34S. The highest BCUT2D eigenvalue weighted by Gasteiger charge is 2.51. The molecule has 0 nitrogen and oxygen atoms in total. The number of fused-ring (bicyclic) bond motifs is 3. The van der Waals surface area contributed by atoms with Crippen LogP contribution in [0.25, 0.3) is 31.3 Å². The molecule has 1 heteroatoms. The summed E-state index contributed by atoms with van der Waals surface area (Å²) in [6.07, 6.45) is 8.87. The van der Waals surface area contributed by atoms with Gasteiger partial charge in [-0.2, -0.15) is 0 Å². The van der Waals surface area contributed by atoms with Crippen LogP contribution in [0.1, 0.15) is 70.4 Å². The number of rotatable bonds is 2. The third-order valence-electron chi connectivity index (χ3n) is 9.19. The van der Waals surface area contributed by atoms with Crippen molar-refractivity contribution < 1.29 is 0 Å². The molecule has 0 saturated heterocycles. The van der Waals surface area contributed by atoms with Crippen molar-refractivity contribution in [2.75, 3.05) is 0 Å². The second kappa shape index (κ2) is 6.95. The molecule has 0 unspecified atom stereocenters. The fourth-order valence-corrected chi connectivity index (χ4v) is 9.15. The van der Waals surface area contributed by atoms with Gasteiger partial charge in [-0.15, -0.1) is 11.3 Å². The van der Waals surface area contributed by atoms with Gasteiger partial charge in [-0.3, -0.25) is 0 Å². The normalized spacial score (nSPS) is 28.8. The Labute approximate surface area is 202 Å². The predicted octanol–water partition coefficient (Wildman–Crippen LogP) is 9.49. The minimum Gasteiger partial charge on any atom is -0.135 e. The van der Waals surface area contributed by atoms with E-state index in [4.69, 9.17) is 0 Å². The van der Waals surface area contributed by atoms with Gasteiger partial charge in [0, 0.05) is 20.2 Å². The van der Waals surface area contributed by atoms with E-state index in [1.807, 2.05) is 11.3 Å². The van der Waals surface area contributed by atoms with Crippen LogP contribution in [0, 0.1) is 17.8 Å². The van der Waals surface area contributed by atoms with Gasteiger partial charge in [0.05, 0.1) is 0 Å². The third kappa shape index (κ3) is 3.15. The van der Waals surface area contributed by atoms with Gasteiger partial charge in [-0.25, -0.2) is 0 Å². The highest BCUT2D eigenvalue weighted by molar-refractivity contribution is 7.26. The Morgan fingerprint density at radius 2 is 1.39 bits per heavy atom. The first-order chi connectivity index (χ1) is 15.9. The average molecular weight is 451 g/mol. The summed E-state index contributed by atoms with van der Waals surface area (Å²) < 4.78 is 2.81. The summed E-state index contributed by atoms with van der Waals surface area (Å²) in [5, 5.41) is 2.84. The quantitative estimate of drug-likeness (QED) is 0.285. The third-order valence-corrected chi connectivity index (χ3v) is 10.3. The molecule has 4 bridgehead atoms. The van der Waals surface area contributed by atoms with E-state index in [2.05, 4.69) is 81.4 Å². The molecule has 33 heavy (non-hydrogen) atoms. The van der Waals surface area contributed by atoms with E-state index in [0.29, 0.717) is 5.41 Å². The van der Waals surface area contributed by atoms with Crippen molar-refractivity contribution in [1.82, 2.24) is 0 Å². The van der Waals surface area contributed by atoms with Crippen LogP contribution >= 0.6 is 11.3 Å². The second-order valence-corrected chi connectivity index (χ2v) is 13.6. The molecule has 0 aliphatic heterocycles. The van der Waals surface area contributed by atoms with Crippen LogP contribution < -0.4 is 0 Å². The Balaban J connectivity index is 1.37. The van der Waals surface area contributed by atoms with E-state index in [1.54, 1.807) is 5.56 Å². The Hall–Kier alpha value is -2.12. The maximum Gasteiger partial charge on any atom is 0.0364 e. The van der Waals surface area contributed by atoms with E-state index < -0.39 is 0 Å². The molecule has 4 saturated carbocycles. The molecule has 1 aromatic heterocycles. The van der Waals surface area contributed by atoms with E-state index in [0.717, 1.165) is 17.8 Å². The molecule has 1 heterocycles. The molecule has 0 amide bonds.